The summed E-state index contributed by atoms with van der Waals surface area (Å²) in [5, 5.41) is 3.54. The van der Waals surface area contributed by atoms with Crippen molar-refractivity contribution in [3.05, 3.63) is 52.0 Å². The van der Waals surface area contributed by atoms with Gasteiger partial charge in [-0.25, -0.2) is 0 Å². The van der Waals surface area contributed by atoms with Gasteiger partial charge in [-0.05, 0) is 36.8 Å². The predicted molar refractivity (Wildman–Crippen MR) is 86.2 cm³/mol. The van der Waals surface area contributed by atoms with Crippen LogP contribution in [0, 0.1) is 6.92 Å². The Labute approximate surface area is 132 Å². The maximum atomic E-state index is 11.9. The van der Waals surface area contributed by atoms with E-state index < -0.39 is 0 Å². The molecule has 0 bridgehead atoms. The Bertz CT molecular complexity index is 651. The molecule has 0 aliphatic carbocycles. The highest BCUT2D eigenvalue weighted by Gasteiger charge is 2.11. The highest BCUT2D eigenvalue weighted by molar-refractivity contribution is 6.34. The molecule has 2 aromatic rings. The van der Waals surface area contributed by atoms with Crippen LogP contribution < -0.4 is 15.8 Å². The van der Waals surface area contributed by atoms with Gasteiger partial charge in [0, 0.05) is 5.69 Å². The number of aryl methyl sites for hydroxylation is 1. The van der Waals surface area contributed by atoms with E-state index in [1.54, 1.807) is 36.4 Å². The van der Waals surface area contributed by atoms with Gasteiger partial charge in [0.25, 0.3) is 5.91 Å². The Hall–Kier alpha value is -1.91. The number of nitrogens with two attached hydrogens (primary N) is 1. The van der Waals surface area contributed by atoms with Gasteiger partial charge in [0.1, 0.15) is 5.75 Å². The number of ether oxygens (including phenoxy) is 1. The van der Waals surface area contributed by atoms with Crippen molar-refractivity contribution >= 4 is 40.5 Å². The van der Waals surface area contributed by atoms with E-state index in [9.17, 15) is 4.79 Å². The zero-order chi connectivity index (χ0) is 15.4. The molecule has 0 spiro atoms. The number of amides is 1. The third-order valence-electron chi connectivity index (χ3n) is 2.77. The predicted octanol–water partition coefficient (Wildman–Crippen LogP) is 3.90. The van der Waals surface area contributed by atoms with Gasteiger partial charge in [-0.3, -0.25) is 4.79 Å². The minimum absolute atomic E-state index is 0.163. The lowest BCUT2D eigenvalue weighted by atomic mass is 10.2. The summed E-state index contributed by atoms with van der Waals surface area (Å²) in [6, 6.07) is 10.3. The molecule has 0 fully saturated rings. The molecular weight excluding hydrogens is 311 g/mol. The van der Waals surface area contributed by atoms with Crippen molar-refractivity contribution in [3.63, 3.8) is 0 Å². The molecule has 0 unspecified atom stereocenters. The number of hydrogen-bond donors (Lipinski definition) is 2. The van der Waals surface area contributed by atoms with Crippen molar-refractivity contribution in [2.24, 2.45) is 0 Å². The van der Waals surface area contributed by atoms with E-state index in [1.807, 2.05) is 6.92 Å². The van der Waals surface area contributed by atoms with E-state index in [4.69, 9.17) is 33.7 Å². The summed E-state index contributed by atoms with van der Waals surface area (Å²) in [6.45, 7) is 1.65. The molecule has 3 N–H and O–H groups in total. The molecule has 0 heterocycles. The molecule has 110 valence electrons. The highest BCUT2D eigenvalue weighted by Crippen LogP contribution is 2.28. The van der Waals surface area contributed by atoms with E-state index in [0.29, 0.717) is 27.2 Å². The largest absolute Gasteiger partial charge is 0.482 e. The van der Waals surface area contributed by atoms with Gasteiger partial charge in [0.05, 0.1) is 15.7 Å². The molecule has 4 nitrogen and oxygen atoms in total. The average molecular weight is 325 g/mol. The molecule has 2 aromatic carbocycles. The van der Waals surface area contributed by atoms with E-state index >= 15 is 0 Å². The molecule has 0 saturated carbocycles. The molecule has 0 atom stereocenters. The SMILES string of the molecule is Cc1cc(N)cc(Cl)c1NC(=O)COc1ccccc1Cl. The highest BCUT2D eigenvalue weighted by atomic mass is 35.5. The second kappa shape index (κ2) is 6.70. The maximum absolute atomic E-state index is 11.9. The zero-order valence-corrected chi connectivity index (χ0v) is 12.8. The monoisotopic (exact) mass is 324 g/mol. The summed E-state index contributed by atoms with van der Waals surface area (Å²) >= 11 is 12.0. The van der Waals surface area contributed by atoms with E-state index in [2.05, 4.69) is 5.32 Å². The van der Waals surface area contributed by atoms with Crippen LogP contribution in [0.5, 0.6) is 5.75 Å². The Morgan fingerprint density at radius 2 is 1.95 bits per heavy atom. The summed E-state index contributed by atoms with van der Waals surface area (Å²) in [5.41, 5.74) is 7.53. The number of nitrogen functional groups attached to an aromatic ring is 1. The number of carbonyl (C=O) groups excluding carboxylic acids is 1. The summed E-state index contributed by atoms with van der Waals surface area (Å²) in [4.78, 5) is 11.9. The first-order valence-electron chi connectivity index (χ1n) is 6.20. The number of anilines is 2. The first kappa shape index (κ1) is 15.5. The van der Waals surface area contributed by atoms with Crippen LogP contribution in [0.4, 0.5) is 11.4 Å². The molecule has 1 amide bonds. The minimum atomic E-state index is -0.329. The second-order valence-electron chi connectivity index (χ2n) is 4.46. The van der Waals surface area contributed by atoms with Gasteiger partial charge in [0.15, 0.2) is 6.61 Å². The van der Waals surface area contributed by atoms with Crippen molar-refractivity contribution in [2.75, 3.05) is 17.7 Å². The van der Waals surface area contributed by atoms with E-state index in [-0.39, 0.29) is 12.5 Å². The zero-order valence-electron chi connectivity index (χ0n) is 11.3. The number of nitrogens with one attached hydrogen (secondary N) is 1. The van der Waals surface area contributed by atoms with Crippen molar-refractivity contribution < 1.29 is 9.53 Å². The van der Waals surface area contributed by atoms with Crippen LogP contribution in [0.15, 0.2) is 36.4 Å². The molecule has 21 heavy (non-hydrogen) atoms. The molecule has 0 aliphatic rings. The van der Waals surface area contributed by atoms with Gasteiger partial charge in [0.2, 0.25) is 0 Å². The fourth-order valence-electron chi connectivity index (χ4n) is 1.81. The first-order chi connectivity index (χ1) is 9.97. The van der Waals surface area contributed by atoms with Gasteiger partial charge >= 0.3 is 0 Å². The van der Waals surface area contributed by atoms with Crippen molar-refractivity contribution in [1.29, 1.82) is 0 Å². The number of halogens is 2. The number of rotatable bonds is 4. The van der Waals surface area contributed by atoms with Crippen molar-refractivity contribution in [3.8, 4) is 5.75 Å². The topological polar surface area (TPSA) is 64.3 Å². The van der Waals surface area contributed by atoms with Crippen LogP contribution in [-0.2, 0) is 4.79 Å². The third kappa shape index (κ3) is 4.03. The maximum Gasteiger partial charge on any atom is 0.262 e. The molecule has 0 radical (unpaired) electrons. The quantitative estimate of drug-likeness (QED) is 0.838. The first-order valence-corrected chi connectivity index (χ1v) is 6.96. The van der Waals surface area contributed by atoms with Crippen molar-refractivity contribution in [2.45, 2.75) is 6.92 Å². The van der Waals surface area contributed by atoms with Crippen LogP contribution >= 0.6 is 23.2 Å². The Morgan fingerprint density at radius 1 is 1.24 bits per heavy atom. The number of para-hydroxylation sites is 1. The summed E-state index contributed by atoms with van der Waals surface area (Å²) in [7, 11) is 0. The molecular formula is C15H14Cl2N2O2. The Morgan fingerprint density at radius 3 is 2.62 bits per heavy atom. The molecule has 0 saturated heterocycles. The average Bonchev–Trinajstić information content (AvgIpc) is 2.42. The Kier molecular flexibility index (Phi) is 4.94. The van der Waals surface area contributed by atoms with Gasteiger partial charge < -0.3 is 15.8 Å². The summed E-state index contributed by atoms with van der Waals surface area (Å²) < 4.78 is 5.36. The third-order valence-corrected chi connectivity index (χ3v) is 3.38. The molecule has 2 rings (SSSR count). The standard InChI is InChI=1S/C15H14Cl2N2O2/c1-9-6-10(18)7-12(17)15(9)19-14(20)8-21-13-5-3-2-4-11(13)16/h2-7H,8,18H2,1H3,(H,19,20). The van der Waals surface area contributed by atoms with Crippen LogP contribution in [-0.4, -0.2) is 12.5 Å². The lowest BCUT2D eigenvalue weighted by molar-refractivity contribution is -0.118. The van der Waals surface area contributed by atoms with Crippen LogP contribution in [0.1, 0.15) is 5.56 Å². The van der Waals surface area contributed by atoms with Gasteiger partial charge in [-0.2, -0.15) is 0 Å². The minimum Gasteiger partial charge on any atom is -0.482 e. The fraction of sp³-hybridized carbons (Fsp3) is 0.133. The second-order valence-corrected chi connectivity index (χ2v) is 5.28. The number of carbonyl (C=O) groups is 1. The smallest absolute Gasteiger partial charge is 0.262 e. The van der Waals surface area contributed by atoms with Crippen molar-refractivity contribution in [1.82, 2.24) is 0 Å². The summed E-state index contributed by atoms with van der Waals surface area (Å²) in [5.74, 6) is 0.124. The lowest BCUT2D eigenvalue weighted by Gasteiger charge is -2.12. The number of benzene rings is 2. The van der Waals surface area contributed by atoms with Crippen LogP contribution in [0.25, 0.3) is 0 Å². The lowest BCUT2D eigenvalue weighted by Crippen LogP contribution is -2.21. The molecule has 0 aromatic heterocycles. The Balaban J connectivity index is 2.01. The van der Waals surface area contributed by atoms with Gasteiger partial charge in [-0.1, -0.05) is 35.3 Å². The van der Waals surface area contributed by atoms with E-state index in [1.165, 1.54) is 0 Å². The molecule has 6 heteroatoms. The van der Waals surface area contributed by atoms with Crippen LogP contribution in [0.3, 0.4) is 0 Å². The summed E-state index contributed by atoms with van der Waals surface area (Å²) in [6.07, 6.45) is 0. The van der Waals surface area contributed by atoms with Gasteiger partial charge in [-0.15, -0.1) is 0 Å². The van der Waals surface area contributed by atoms with Crippen LogP contribution in [0.2, 0.25) is 10.0 Å². The molecule has 0 aliphatic heterocycles. The fourth-order valence-corrected chi connectivity index (χ4v) is 2.32. The normalized spacial score (nSPS) is 10.2. The number of hydrogen-bond acceptors (Lipinski definition) is 3. The van der Waals surface area contributed by atoms with E-state index in [0.717, 1.165) is 5.56 Å².